The maximum atomic E-state index is 13.3. The highest BCUT2D eigenvalue weighted by molar-refractivity contribution is 5.97. The van der Waals surface area contributed by atoms with Gasteiger partial charge in [-0.2, -0.15) is 0 Å². The van der Waals surface area contributed by atoms with Crippen LogP contribution >= 0.6 is 0 Å². The summed E-state index contributed by atoms with van der Waals surface area (Å²) in [5.74, 6) is -0.239. The van der Waals surface area contributed by atoms with Crippen molar-refractivity contribution in [3.8, 4) is 23.0 Å². The molecule has 0 bridgehead atoms. The summed E-state index contributed by atoms with van der Waals surface area (Å²) in [6, 6.07) is 14.7. The third-order valence-corrected chi connectivity index (χ3v) is 13.9. The van der Waals surface area contributed by atoms with E-state index in [1.807, 2.05) is 19.1 Å². The van der Waals surface area contributed by atoms with E-state index in [0.29, 0.717) is 59.4 Å². The molecule has 3 saturated carbocycles. The van der Waals surface area contributed by atoms with Gasteiger partial charge in [0.2, 0.25) is 0 Å². The number of ketones is 1. The van der Waals surface area contributed by atoms with E-state index in [2.05, 4.69) is 18.2 Å². The van der Waals surface area contributed by atoms with Gasteiger partial charge < -0.3 is 39.8 Å². The summed E-state index contributed by atoms with van der Waals surface area (Å²) < 4.78 is 12.3. The van der Waals surface area contributed by atoms with Crippen LogP contribution in [0.25, 0.3) is 0 Å². The number of carbonyl (C=O) groups excluding carboxylic acids is 2. The summed E-state index contributed by atoms with van der Waals surface area (Å²) >= 11 is 0. The molecule has 1 spiro atoms. The van der Waals surface area contributed by atoms with Crippen LogP contribution in [0.2, 0.25) is 0 Å². The average molecular weight is 722 g/mol. The van der Waals surface area contributed by atoms with Crippen molar-refractivity contribution >= 4 is 17.5 Å². The highest BCUT2D eigenvalue weighted by Crippen LogP contribution is 2.67. The van der Waals surface area contributed by atoms with E-state index in [4.69, 9.17) is 14.3 Å². The number of hydrogen-bond donors (Lipinski definition) is 5. The Morgan fingerprint density at radius 1 is 0.943 bits per heavy atom. The second-order valence-electron chi connectivity index (χ2n) is 16.4. The first-order valence-electron chi connectivity index (χ1n) is 18.5. The maximum absolute atomic E-state index is 13.3. The van der Waals surface area contributed by atoms with E-state index in [-0.39, 0.29) is 41.3 Å². The monoisotopic (exact) mass is 721 g/mol. The summed E-state index contributed by atoms with van der Waals surface area (Å²) in [6.07, 6.45) is 5.88. The number of carbonyl (C=O) groups is 2. The van der Waals surface area contributed by atoms with Gasteiger partial charge in [-0.3, -0.25) is 4.79 Å². The van der Waals surface area contributed by atoms with Gasteiger partial charge in [-0.25, -0.2) is 4.79 Å². The van der Waals surface area contributed by atoms with Crippen molar-refractivity contribution in [3.63, 3.8) is 0 Å². The lowest BCUT2D eigenvalue weighted by atomic mass is 9.45. The number of ether oxygens (including phenoxy) is 2. The minimum Gasteiger partial charge on any atom is -0.508 e. The van der Waals surface area contributed by atoms with Crippen LogP contribution in [0, 0.1) is 28.6 Å². The van der Waals surface area contributed by atoms with Gasteiger partial charge in [0, 0.05) is 34.2 Å². The fraction of sp³-hybridized carbons (Fsp3) is 0.452. The zero-order valence-corrected chi connectivity index (χ0v) is 29.7. The molecule has 0 saturated heterocycles. The van der Waals surface area contributed by atoms with Crippen molar-refractivity contribution in [2.24, 2.45) is 33.7 Å². The Labute approximate surface area is 306 Å². The number of fused-ring (bicyclic) bond motifs is 11. The van der Waals surface area contributed by atoms with Crippen molar-refractivity contribution in [3.05, 3.63) is 94.1 Å². The number of phenols is 2. The quantitative estimate of drug-likeness (QED) is 0.161. The predicted molar refractivity (Wildman–Crippen MR) is 190 cm³/mol. The van der Waals surface area contributed by atoms with E-state index in [0.717, 1.165) is 30.5 Å². The number of benzene rings is 3. The standard InChI is InChI=1S/C42H43NO10/c1-39-13-11-24(16-23(39)4-8-27-29-12-14-41(50,36(48)20-44)40(29,2)19-33(47)37(27)39)43-51-21-22-3-7-28-32(15-22)42(53-38(28)49)30-9-5-25(45)17-34(30)52-35-18-26(46)6-10-31(35)42/h3,5-7,9-10,15-18,27,29,33,37,44-47,50H,4,8,11-14,19-21H2,1-2H3/b43-24-/t27-,29-,33-,37+,39-,40-,41-/m0/s1. The fourth-order valence-electron chi connectivity index (χ4n) is 11.4. The molecular weight excluding hydrogens is 678 g/mol. The molecular formula is C42H43NO10. The third kappa shape index (κ3) is 4.66. The number of allylic oxidation sites excluding steroid dienone is 2. The molecule has 6 aliphatic rings. The SMILES string of the molecule is C[C@]12CC/C(=N/OCc3ccc4c(c3)C3(OC4=O)c4ccc(O)cc4Oc4cc(O)ccc43)C=C1CC[C@@H]1[C@@H]2[C@@H](O)C[C@@]2(C)[C@H]1CC[C@]2(O)C(=O)CO. The average Bonchev–Trinajstić information content (AvgIpc) is 3.57. The number of oxime groups is 1. The van der Waals surface area contributed by atoms with Crippen LogP contribution in [0.4, 0.5) is 0 Å². The van der Waals surface area contributed by atoms with Gasteiger partial charge in [-0.15, -0.1) is 0 Å². The normalized spacial score (nSPS) is 33.7. The van der Waals surface area contributed by atoms with Crippen LogP contribution in [-0.2, 0) is 26.6 Å². The van der Waals surface area contributed by atoms with E-state index >= 15 is 0 Å². The van der Waals surface area contributed by atoms with Crippen LogP contribution in [0.15, 0.2) is 71.4 Å². The second-order valence-corrected chi connectivity index (χ2v) is 16.4. The van der Waals surface area contributed by atoms with Crippen molar-refractivity contribution in [1.82, 2.24) is 0 Å². The summed E-state index contributed by atoms with van der Waals surface area (Å²) in [6.45, 7) is 3.59. The van der Waals surface area contributed by atoms with Gasteiger partial charge in [0.15, 0.2) is 11.4 Å². The van der Waals surface area contributed by atoms with Crippen molar-refractivity contribution in [1.29, 1.82) is 0 Å². The minimum absolute atomic E-state index is 0.00771. The number of rotatable bonds is 5. The van der Waals surface area contributed by atoms with Crippen LogP contribution < -0.4 is 4.74 Å². The highest BCUT2D eigenvalue weighted by atomic mass is 16.6. The first-order valence-corrected chi connectivity index (χ1v) is 18.5. The molecule has 53 heavy (non-hydrogen) atoms. The molecule has 3 aromatic rings. The van der Waals surface area contributed by atoms with E-state index in [9.17, 15) is 35.1 Å². The molecule has 2 aliphatic heterocycles. The minimum atomic E-state index is -1.62. The zero-order valence-electron chi connectivity index (χ0n) is 29.7. The lowest BCUT2D eigenvalue weighted by molar-refractivity contribution is -0.181. The van der Waals surface area contributed by atoms with Crippen LogP contribution in [0.5, 0.6) is 23.0 Å². The topological polar surface area (TPSA) is 175 Å². The maximum Gasteiger partial charge on any atom is 0.340 e. The van der Waals surface area contributed by atoms with Crippen LogP contribution in [-0.4, -0.2) is 61.3 Å². The molecule has 2 heterocycles. The fourth-order valence-corrected chi connectivity index (χ4v) is 11.4. The molecule has 5 N–H and O–H groups in total. The van der Waals surface area contributed by atoms with Gasteiger partial charge >= 0.3 is 5.97 Å². The summed E-state index contributed by atoms with van der Waals surface area (Å²) in [7, 11) is 0. The number of aliphatic hydroxyl groups excluding tert-OH is 2. The zero-order chi connectivity index (χ0) is 37.1. The Morgan fingerprint density at radius 2 is 1.66 bits per heavy atom. The molecule has 11 heteroatoms. The lowest BCUT2D eigenvalue weighted by Gasteiger charge is -2.60. The molecule has 276 valence electrons. The number of aromatic hydroxyl groups is 2. The van der Waals surface area contributed by atoms with Crippen LogP contribution in [0.1, 0.15) is 91.4 Å². The largest absolute Gasteiger partial charge is 0.508 e. The number of aliphatic hydroxyl groups is 3. The van der Waals surface area contributed by atoms with Gasteiger partial charge in [0.1, 0.15) is 41.8 Å². The molecule has 3 aromatic carbocycles. The molecule has 0 aromatic heterocycles. The van der Waals surface area contributed by atoms with Gasteiger partial charge in [0.05, 0.1) is 17.4 Å². The van der Waals surface area contributed by atoms with E-state index in [1.165, 1.54) is 29.8 Å². The van der Waals surface area contributed by atoms with Gasteiger partial charge in [-0.1, -0.05) is 30.6 Å². The first-order chi connectivity index (χ1) is 25.3. The molecule has 11 nitrogen and oxygen atoms in total. The molecule has 4 aliphatic carbocycles. The van der Waals surface area contributed by atoms with Gasteiger partial charge in [0.25, 0.3) is 0 Å². The molecule has 3 fully saturated rings. The number of hydrogen-bond acceptors (Lipinski definition) is 11. The Morgan fingerprint density at radius 3 is 2.36 bits per heavy atom. The number of esters is 1. The summed E-state index contributed by atoms with van der Waals surface area (Å²) in [4.78, 5) is 32.1. The summed E-state index contributed by atoms with van der Waals surface area (Å²) in [5.41, 5.74) is 0.856. The second kappa shape index (κ2) is 11.6. The Hall–Kier alpha value is -4.71. The van der Waals surface area contributed by atoms with Crippen molar-refractivity contribution < 1.29 is 49.4 Å². The van der Waals surface area contributed by atoms with Crippen molar-refractivity contribution in [2.45, 2.75) is 82.7 Å². The highest BCUT2D eigenvalue weighted by Gasteiger charge is 2.68. The molecule has 9 rings (SSSR count). The predicted octanol–water partition coefficient (Wildman–Crippen LogP) is 5.76. The smallest absolute Gasteiger partial charge is 0.340 e. The molecule has 0 unspecified atom stereocenters. The molecule has 7 atom stereocenters. The number of nitrogens with zero attached hydrogens (tertiary/aromatic N) is 1. The van der Waals surface area contributed by atoms with Crippen LogP contribution in [0.3, 0.4) is 0 Å². The number of Topliss-reactive ketones (excluding diaryl/α,β-unsaturated/α-hetero) is 1. The van der Waals surface area contributed by atoms with Crippen molar-refractivity contribution in [2.75, 3.05) is 6.61 Å². The molecule has 0 radical (unpaired) electrons. The molecule has 0 amide bonds. The first kappa shape index (κ1) is 34.1. The van der Waals surface area contributed by atoms with Gasteiger partial charge in [-0.05, 0) is 116 Å². The third-order valence-electron chi connectivity index (χ3n) is 13.9. The lowest BCUT2D eigenvalue weighted by Crippen LogP contribution is -2.62. The summed E-state index contributed by atoms with van der Waals surface area (Å²) in [5, 5.41) is 57.9. The Kier molecular flexibility index (Phi) is 7.49. The van der Waals surface area contributed by atoms with E-state index < -0.39 is 41.1 Å². The number of phenolic OH excluding ortho intramolecular Hbond substituents is 2. The van der Waals surface area contributed by atoms with E-state index in [1.54, 1.807) is 18.2 Å². The Bertz CT molecular complexity index is 2090. The Balaban J connectivity index is 0.970.